The van der Waals surface area contributed by atoms with E-state index in [-0.39, 0.29) is 6.10 Å². The summed E-state index contributed by atoms with van der Waals surface area (Å²) in [5.41, 5.74) is 8.32. The number of benzene rings is 1. The van der Waals surface area contributed by atoms with Crippen LogP contribution in [0.2, 0.25) is 0 Å². The first-order chi connectivity index (χ1) is 9.74. The standard InChI is InChI=1S/C16H22N2OS/c1-18-14(16(19-2)13-8-9-13)10-15(17)20-11-12-6-4-3-5-7-12/h3-7,10,13,16H,8-9,11,17H2,1-2H3/b15-10+,18-14?. The van der Waals surface area contributed by atoms with Crippen molar-refractivity contribution in [3.63, 3.8) is 0 Å². The van der Waals surface area contributed by atoms with Crippen LogP contribution >= 0.6 is 11.8 Å². The molecule has 108 valence electrons. The van der Waals surface area contributed by atoms with E-state index in [0.717, 1.165) is 16.5 Å². The van der Waals surface area contributed by atoms with Crippen molar-refractivity contribution in [2.75, 3.05) is 14.2 Å². The average Bonchev–Trinajstić information content (AvgIpc) is 3.30. The Kier molecular flexibility index (Phi) is 5.68. The van der Waals surface area contributed by atoms with Crippen LogP contribution in [0.4, 0.5) is 0 Å². The van der Waals surface area contributed by atoms with E-state index in [0.29, 0.717) is 5.92 Å². The lowest BCUT2D eigenvalue weighted by atomic mass is 10.1. The van der Waals surface area contributed by atoms with Crippen molar-refractivity contribution >= 4 is 17.5 Å². The van der Waals surface area contributed by atoms with Crippen molar-refractivity contribution < 1.29 is 4.74 Å². The summed E-state index contributed by atoms with van der Waals surface area (Å²) >= 11 is 1.64. The van der Waals surface area contributed by atoms with Gasteiger partial charge in [0.25, 0.3) is 0 Å². The van der Waals surface area contributed by atoms with Gasteiger partial charge in [0.15, 0.2) is 0 Å². The fraction of sp³-hybridized carbons (Fsp3) is 0.438. The maximum atomic E-state index is 6.10. The van der Waals surface area contributed by atoms with E-state index in [1.165, 1.54) is 18.4 Å². The molecule has 1 aliphatic carbocycles. The Bertz CT molecular complexity index is 481. The van der Waals surface area contributed by atoms with Crippen molar-refractivity contribution in [3.8, 4) is 0 Å². The first-order valence-electron chi connectivity index (χ1n) is 6.88. The molecule has 2 rings (SSSR count). The molecule has 1 aliphatic rings. The Morgan fingerprint density at radius 3 is 2.70 bits per heavy atom. The second kappa shape index (κ2) is 7.50. The molecule has 0 heterocycles. The van der Waals surface area contributed by atoms with E-state index in [2.05, 4.69) is 17.1 Å². The third-order valence-electron chi connectivity index (χ3n) is 3.39. The largest absolute Gasteiger partial charge is 0.393 e. The zero-order chi connectivity index (χ0) is 14.4. The molecule has 0 amide bonds. The molecular formula is C16H22N2OS. The Labute approximate surface area is 125 Å². The molecule has 1 unspecified atom stereocenters. The van der Waals surface area contributed by atoms with Crippen LogP contribution in [0.3, 0.4) is 0 Å². The summed E-state index contributed by atoms with van der Waals surface area (Å²) in [6, 6.07) is 10.3. The van der Waals surface area contributed by atoms with Gasteiger partial charge in [-0.05, 0) is 30.4 Å². The van der Waals surface area contributed by atoms with E-state index in [1.807, 2.05) is 24.3 Å². The number of aliphatic imine (C=N–C) groups is 1. The Morgan fingerprint density at radius 1 is 1.45 bits per heavy atom. The fourth-order valence-corrected chi connectivity index (χ4v) is 2.89. The van der Waals surface area contributed by atoms with Crippen LogP contribution in [0.15, 0.2) is 46.4 Å². The minimum atomic E-state index is 0.0934. The zero-order valence-electron chi connectivity index (χ0n) is 12.1. The molecule has 20 heavy (non-hydrogen) atoms. The van der Waals surface area contributed by atoms with Crippen LogP contribution in [0.5, 0.6) is 0 Å². The molecule has 2 N–H and O–H groups in total. The number of nitrogens with two attached hydrogens (primary N) is 1. The minimum absolute atomic E-state index is 0.0934. The van der Waals surface area contributed by atoms with Gasteiger partial charge in [-0.2, -0.15) is 0 Å². The third kappa shape index (κ3) is 4.39. The molecule has 0 saturated heterocycles. The summed E-state index contributed by atoms with van der Waals surface area (Å²) in [6.07, 6.45) is 4.50. The van der Waals surface area contributed by atoms with E-state index in [1.54, 1.807) is 25.9 Å². The van der Waals surface area contributed by atoms with Gasteiger partial charge < -0.3 is 10.5 Å². The fourth-order valence-electron chi connectivity index (χ4n) is 2.16. The smallest absolute Gasteiger partial charge is 0.101 e. The van der Waals surface area contributed by atoms with Gasteiger partial charge in [0.05, 0.1) is 10.7 Å². The van der Waals surface area contributed by atoms with Crippen molar-refractivity contribution in [2.24, 2.45) is 16.6 Å². The summed E-state index contributed by atoms with van der Waals surface area (Å²) in [6.45, 7) is 0. The lowest BCUT2D eigenvalue weighted by molar-refractivity contribution is 0.139. The van der Waals surface area contributed by atoms with E-state index >= 15 is 0 Å². The highest BCUT2D eigenvalue weighted by atomic mass is 32.2. The number of thioether (sulfide) groups is 1. The second-order valence-corrected chi connectivity index (χ2v) is 6.01. The van der Waals surface area contributed by atoms with Gasteiger partial charge in [-0.15, -0.1) is 11.8 Å². The Morgan fingerprint density at radius 2 is 2.15 bits per heavy atom. The molecule has 3 nitrogen and oxygen atoms in total. The first-order valence-corrected chi connectivity index (χ1v) is 7.86. The predicted molar refractivity (Wildman–Crippen MR) is 86.9 cm³/mol. The number of ether oxygens (including phenoxy) is 1. The number of nitrogens with zero attached hydrogens (tertiary/aromatic N) is 1. The Hall–Kier alpha value is -1.26. The van der Waals surface area contributed by atoms with Crippen LogP contribution in [-0.2, 0) is 10.5 Å². The molecule has 0 radical (unpaired) electrons. The van der Waals surface area contributed by atoms with E-state index in [4.69, 9.17) is 10.5 Å². The van der Waals surface area contributed by atoms with Crippen LogP contribution in [-0.4, -0.2) is 26.0 Å². The zero-order valence-corrected chi connectivity index (χ0v) is 12.9. The second-order valence-electron chi connectivity index (χ2n) is 4.96. The molecular weight excluding hydrogens is 268 g/mol. The van der Waals surface area contributed by atoms with Crippen LogP contribution in [0.1, 0.15) is 18.4 Å². The lowest BCUT2D eigenvalue weighted by Gasteiger charge is -2.15. The lowest BCUT2D eigenvalue weighted by Crippen LogP contribution is -2.24. The number of hydrogen-bond donors (Lipinski definition) is 1. The average molecular weight is 290 g/mol. The number of hydrogen-bond acceptors (Lipinski definition) is 4. The highest BCUT2D eigenvalue weighted by Gasteiger charge is 2.33. The summed E-state index contributed by atoms with van der Waals surface area (Å²) in [4.78, 5) is 4.34. The normalized spacial score (nSPS) is 18.1. The third-order valence-corrected chi connectivity index (χ3v) is 4.32. The monoisotopic (exact) mass is 290 g/mol. The molecule has 1 fully saturated rings. The van der Waals surface area contributed by atoms with Crippen molar-refractivity contribution in [2.45, 2.75) is 24.7 Å². The van der Waals surface area contributed by atoms with E-state index < -0.39 is 0 Å². The van der Waals surface area contributed by atoms with Gasteiger partial charge in [0.1, 0.15) is 6.10 Å². The van der Waals surface area contributed by atoms with Crippen LogP contribution in [0, 0.1) is 5.92 Å². The van der Waals surface area contributed by atoms with Gasteiger partial charge >= 0.3 is 0 Å². The van der Waals surface area contributed by atoms with Crippen molar-refractivity contribution in [3.05, 3.63) is 47.0 Å². The van der Waals surface area contributed by atoms with Crippen LogP contribution in [0.25, 0.3) is 0 Å². The van der Waals surface area contributed by atoms with Gasteiger partial charge in [0, 0.05) is 19.9 Å². The SMILES string of the molecule is CN=C(/C=C(\N)SCc1ccccc1)C(OC)C1CC1. The molecule has 4 heteroatoms. The van der Waals surface area contributed by atoms with Crippen molar-refractivity contribution in [1.29, 1.82) is 0 Å². The first kappa shape index (κ1) is 15.1. The molecule has 1 aromatic carbocycles. The predicted octanol–water partition coefficient (Wildman–Crippen LogP) is 3.22. The van der Waals surface area contributed by atoms with Crippen molar-refractivity contribution in [1.82, 2.24) is 0 Å². The Balaban J connectivity index is 1.94. The maximum absolute atomic E-state index is 6.10. The van der Waals surface area contributed by atoms with Gasteiger partial charge in [-0.3, -0.25) is 4.99 Å². The molecule has 0 aliphatic heterocycles. The maximum Gasteiger partial charge on any atom is 0.101 e. The molecule has 0 bridgehead atoms. The summed E-state index contributed by atoms with van der Waals surface area (Å²) in [5.74, 6) is 1.49. The molecule has 0 spiro atoms. The molecule has 1 atom stereocenters. The molecule has 1 aromatic rings. The summed E-state index contributed by atoms with van der Waals surface area (Å²) < 4.78 is 5.55. The van der Waals surface area contributed by atoms with E-state index in [9.17, 15) is 0 Å². The minimum Gasteiger partial charge on any atom is -0.393 e. The van der Waals surface area contributed by atoms with Gasteiger partial charge in [0.2, 0.25) is 0 Å². The van der Waals surface area contributed by atoms with Gasteiger partial charge in [-0.1, -0.05) is 30.3 Å². The number of rotatable bonds is 7. The summed E-state index contributed by atoms with van der Waals surface area (Å²) in [7, 11) is 3.55. The molecule has 1 saturated carbocycles. The highest BCUT2D eigenvalue weighted by molar-refractivity contribution is 8.02. The quantitative estimate of drug-likeness (QED) is 0.784. The van der Waals surface area contributed by atoms with Gasteiger partial charge in [-0.25, -0.2) is 0 Å². The van der Waals surface area contributed by atoms with Crippen LogP contribution < -0.4 is 5.73 Å². The molecule has 0 aromatic heterocycles. The topological polar surface area (TPSA) is 47.6 Å². The number of methoxy groups -OCH3 is 1. The highest BCUT2D eigenvalue weighted by Crippen LogP contribution is 2.35. The summed E-state index contributed by atoms with van der Waals surface area (Å²) in [5, 5.41) is 0.789.